The molecule has 2 aliphatic heterocycles. The standard InChI is InChI=1S/C19H31N3O4S2/c1-17(2)18-7-9-19(10-8-18)27(23,24)20-13-15-22(16-14-20)28(25,26)21-11-5-3-4-6-12-21/h7-10,17H,3-6,11-16H2,1-2H3. The molecule has 2 saturated heterocycles. The summed E-state index contributed by atoms with van der Waals surface area (Å²) < 4.78 is 56.0. The van der Waals surface area contributed by atoms with Crippen molar-refractivity contribution < 1.29 is 16.8 Å². The van der Waals surface area contributed by atoms with Crippen molar-refractivity contribution in [3.63, 3.8) is 0 Å². The lowest BCUT2D eigenvalue weighted by Crippen LogP contribution is -2.54. The van der Waals surface area contributed by atoms with Gasteiger partial charge in [-0.1, -0.05) is 38.8 Å². The van der Waals surface area contributed by atoms with Crippen LogP contribution in [0.5, 0.6) is 0 Å². The molecule has 7 nitrogen and oxygen atoms in total. The first-order valence-electron chi connectivity index (χ1n) is 10.1. The van der Waals surface area contributed by atoms with E-state index in [0.717, 1.165) is 31.2 Å². The van der Waals surface area contributed by atoms with Gasteiger partial charge in [0.15, 0.2) is 0 Å². The van der Waals surface area contributed by atoms with Crippen molar-refractivity contribution >= 4 is 20.2 Å². The Bertz CT molecular complexity index is 851. The van der Waals surface area contributed by atoms with Crippen molar-refractivity contribution in [2.45, 2.75) is 50.3 Å². The van der Waals surface area contributed by atoms with E-state index in [1.807, 2.05) is 12.1 Å². The molecule has 0 aromatic heterocycles. The SMILES string of the molecule is CC(C)c1ccc(S(=O)(=O)N2CCN(S(=O)(=O)N3CCCCCC3)CC2)cc1. The molecule has 0 radical (unpaired) electrons. The van der Waals surface area contributed by atoms with Gasteiger partial charge in [0.25, 0.3) is 10.2 Å². The van der Waals surface area contributed by atoms with Gasteiger partial charge < -0.3 is 0 Å². The van der Waals surface area contributed by atoms with Crippen LogP contribution in [-0.2, 0) is 20.2 Å². The second kappa shape index (κ2) is 8.79. The second-order valence-electron chi connectivity index (χ2n) is 7.85. The summed E-state index contributed by atoms with van der Waals surface area (Å²) in [5, 5.41) is 0. The molecule has 0 atom stereocenters. The highest BCUT2D eigenvalue weighted by atomic mass is 32.2. The van der Waals surface area contributed by atoms with Gasteiger partial charge in [0, 0.05) is 39.3 Å². The van der Waals surface area contributed by atoms with Gasteiger partial charge in [-0.05, 0) is 36.5 Å². The summed E-state index contributed by atoms with van der Waals surface area (Å²) in [6, 6.07) is 6.98. The summed E-state index contributed by atoms with van der Waals surface area (Å²) in [5.41, 5.74) is 1.09. The minimum absolute atomic E-state index is 0.182. The fourth-order valence-electron chi connectivity index (χ4n) is 3.75. The molecule has 158 valence electrons. The average molecular weight is 430 g/mol. The number of hydrogen-bond acceptors (Lipinski definition) is 4. The topological polar surface area (TPSA) is 78.0 Å². The zero-order valence-corrected chi connectivity index (χ0v) is 18.4. The third kappa shape index (κ3) is 4.59. The number of hydrogen-bond donors (Lipinski definition) is 0. The van der Waals surface area contributed by atoms with Gasteiger partial charge >= 0.3 is 0 Å². The van der Waals surface area contributed by atoms with Gasteiger partial charge in [-0.15, -0.1) is 0 Å². The summed E-state index contributed by atoms with van der Waals surface area (Å²) in [6.45, 7) is 6.00. The minimum Gasteiger partial charge on any atom is -0.207 e. The Hall–Kier alpha value is -1.00. The smallest absolute Gasteiger partial charge is 0.207 e. The number of piperazine rings is 1. The Morgan fingerprint density at radius 1 is 0.679 bits per heavy atom. The minimum atomic E-state index is -3.61. The largest absolute Gasteiger partial charge is 0.282 e. The molecule has 2 fully saturated rings. The molecule has 9 heteroatoms. The van der Waals surface area contributed by atoms with Crippen molar-refractivity contribution in [1.82, 2.24) is 12.9 Å². The lowest BCUT2D eigenvalue weighted by Gasteiger charge is -2.36. The molecule has 0 amide bonds. The Morgan fingerprint density at radius 2 is 1.14 bits per heavy atom. The summed E-state index contributed by atoms with van der Waals surface area (Å²) in [5.74, 6) is 0.337. The first-order valence-corrected chi connectivity index (χ1v) is 12.9. The quantitative estimate of drug-likeness (QED) is 0.719. The molecule has 3 rings (SSSR count). The number of benzene rings is 1. The van der Waals surface area contributed by atoms with Gasteiger partial charge in [0.05, 0.1) is 4.90 Å². The summed E-state index contributed by atoms with van der Waals surface area (Å²) in [7, 11) is -7.12. The Labute approximate surface area is 169 Å². The monoisotopic (exact) mass is 429 g/mol. The lowest BCUT2D eigenvalue weighted by atomic mass is 10.0. The van der Waals surface area contributed by atoms with Crippen LogP contribution in [0.25, 0.3) is 0 Å². The maximum atomic E-state index is 12.9. The molecule has 0 bridgehead atoms. The van der Waals surface area contributed by atoms with E-state index in [-0.39, 0.29) is 31.1 Å². The molecule has 2 heterocycles. The molecule has 1 aromatic rings. The van der Waals surface area contributed by atoms with Crippen molar-refractivity contribution in [2.24, 2.45) is 0 Å². The van der Waals surface area contributed by atoms with Crippen LogP contribution in [0, 0.1) is 0 Å². The van der Waals surface area contributed by atoms with E-state index in [1.54, 1.807) is 16.4 Å². The van der Waals surface area contributed by atoms with Crippen LogP contribution in [0.1, 0.15) is 51.0 Å². The summed E-state index contributed by atoms with van der Waals surface area (Å²) in [6.07, 6.45) is 3.90. The van der Waals surface area contributed by atoms with Crippen LogP contribution in [0.3, 0.4) is 0 Å². The molecular formula is C19H31N3O4S2. The van der Waals surface area contributed by atoms with Crippen LogP contribution < -0.4 is 0 Å². The fourth-order valence-corrected chi connectivity index (χ4v) is 6.84. The third-order valence-corrected chi connectivity index (χ3v) is 9.55. The zero-order valence-electron chi connectivity index (χ0n) is 16.7. The molecule has 0 N–H and O–H groups in total. The molecule has 1 aromatic carbocycles. The van der Waals surface area contributed by atoms with Crippen molar-refractivity contribution in [3.05, 3.63) is 29.8 Å². The zero-order chi connectivity index (χ0) is 20.4. The van der Waals surface area contributed by atoms with E-state index >= 15 is 0 Å². The first-order chi connectivity index (χ1) is 13.2. The van der Waals surface area contributed by atoms with Gasteiger partial charge in [-0.25, -0.2) is 8.42 Å². The van der Waals surface area contributed by atoms with Crippen molar-refractivity contribution in [3.8, 4) is 0 Å². The number of sulfonamides is 1. The van der Waals surface area contributed by atoms with E-state index in [9.17, 15) is 16.8 Å². The second-order valence-corrected chi connectivity index (χ2v) is 11.7. The molecule has 28 heavy (non-hydrogen) atoms. The van der Waals surface area contributed by atoms with Crippen LogP contribution in [0.2, 0.25) is 0 Å². The van der Waals surface area contributed by atoms with Gasteiger partial charge in [-0.3, -0.25) is 0 Å². The Balaban J connectivity index is 1.67. The van der Waals surface area contributed by atoms with Gasteiger partial charge in [-0.2, -0.15) is 21.3 Å². The summed E-state index contributed by atoms with van der Waals surface area (Å²) >= 11 is 0. The predicted octanol–water partition coefficient (Wildman–Crippen LogP) is 2.24. The Morgan fingerprint density at radius 3 is 1.64 bits per heavy atom. The normalized spacial score (nSPS) is 21.7. The van der Waals surface area contributed by atoms with Gasteiger partial charge in [0.1, 0.15) is 0 Å². The van der Waals surface area contributed by atoms with E-state index in [0.29, 0.717) is 19.0 Å². The number of rotatable bonds is 5. The van der Waals surface area contributed by atoms with E-state index in [1.165, 1.54) is 8.61 Å². The van der Waals surface area contributed by atoms with Crippen LogP contribution in [-0.4, -0.2) is 69.0 Å². The highest BCUT2D eigenvalue weighted by Crippen LogP contribution is 2.23. The van der Waals surface area contributed by atoms with Crippen LogP contribution in [0.15, 0.2) is 29.2 Å². The maximum Gasteiger partial charge on any atom is 0.282 e. The molecule has 0 spiro atoms. The van der Waals surface area contributed by atoms with Crippen LogP contribution in [0.4, 0.5) is 0 Å². The highest BCUT2D eigenvalue weighted by Gasteiger charge is 2.36. The van der Waals surface area contributed by atoms with E-state index in [2.05, 4.69) is 13.8 Å². The molecule has 0 aliphatic carbocycles. The van der Waals surface area contributed by atoms with E-state index in [4.69, 9.17) is 0 Å². The summed E-state index contributed by atoms with van der Waals surface area (Å²) in [4.78, 5) is 0.265. The average Bonchev–Trinajstić information content (AvgIpc) is 2.98. The molecule has 0 saturated carbocycles. The molecule has 2 aliphatic rings. The van der Waals surface area contributed by atoms with Crippen molar-refractivity contribution in [2.75, 3.05) is 39.3 Å². The van der Waals surface area contributed by atoms with Gasteiger partial charge in [0.2, 0.25) is 10.0 Å². The van der Waals surface area contributed by atoms with E-state index < -0.39 is 20.2 Å². The molecule has 0 unspecified atom stereocenters. The maximum absolute atomic E-state index is 12.9. The number of nitrogens with zero attached hydrogens (tertiary/aromatic N) is 3. The molecular weight excluding hydrogens is 398 g/mol. The third-order valence-electron chi connectivity index (χ3n) is 5.60. The predicted molar refractivity (Wildman–Crippen MR) is 110 cm³/mol. The highest BCUT2D eigenvalue weighted by molar-refractivity contribution is 7.89. The first kappa shape index (κ1) is 21.7. The Kier molecular flexibility index (Phi) is 6.81. The van der Waals surface area contributed by atoms with Crippen molar-refractivity contribution in [1.29, 1.82) is 0 Å². The van der Waals surface area contributed by atoms with Crippen LogP contribution >= 0.6 is 0 Å². The fraction of sp³-hybridized carbons (Fsp3) is 0.684. The lowest BCUT2D eigenvalue weighted by molar-refractivity contribution is 0.254.